The topological polar surface area (TPSA) is 96.5 Å². The maximum atomic E-state index is 12.2. The third kappa shape index (κ3) is 3.45. The van der Waals surface area contributed by atoms with Crippen molar-refractivity contribution in [1.29, 1.82) is 5.26 Å². The summed E-state index contributed by atoms with van der Waals surface area (Å²) in [5.41, 5.74) is 0.108. The van der Waals surface area contributed by atoms with Gasteiger partial charge in [-0.3, -0.25) is 14.9 Å². The molecule has 0 saturated heterocycles. The second kappa shape index (κ2) is 7.09. The average Bonchev–Trinajstić information content (AvgIpc) is 2.46. The smallest absolute Gasteiger partial charge is 0.310 e. The molecule has 1 rings (SSSR count). The van der Waals surface area contributed by atoms with Crippen molar-refractivity contribution in [2.45, 2.75) is 13.3 Å². The van der Waals surface area contributed by atoms with Crippen LogP contribution in [0.3, 0.4) is 0 Å². The highest BCUT2D eigenvalue weighted by atomic mass is 16.6. The maximum Gasteiger partial charge on any atom is 0.310 e. The van der Waals surface area contributed by atoms with Gasteiger partial charge in [-0.25, -0.2) is 0 Å². The number of nitriles is 1. The number of amides is 1. The molecule has 1 aromatic carbocycles. The number of hydrogen-bond acceptors (Lipinski definition) is 5. The molecule has 7 nitrogen and oxygen atoms in total. The summed E-state index contributed by atoms with van der Waals surface area (Å²) in [5.74, 6) is -0.242. The molecule has 0 aromatic heterocycles. The zero-order chi connectivity index (χ0) is 15.1. The van der Waals surface area contributed by atoms with Crippen LogP contribution in [0.1, 0.15) is 23.7 Å². The Balaban J connectivity index is 3.04. The van der Waals surface area contributed by atoms with E-state index in [9.17, 15) is 14.9 Å². The molecule has 0 radical (unpaired) electrons. The summed E-state index contributed by atoms with van der Waals surface area (Å²) in [4.78, 5) is 23.9. The molecule has 0 aliphatic carbocycles. The summed E-state index contributed by atoms with van der Waals surface area (Å²) < 4.78 is 4.93. The quantitative estimate of drug-likeness (QED) is 0.585. The van der Waals surface area contributed by atoms with Crippen molar-refractivity contribution >= 4 is 11.6 Å². The van der Waals surface area contributed by atoms with Crippen molar-refractivity contribution < 1.29 is 14.5 Å². The second-order valence-corrected chi connectivity index (χ2v) is 3.94. The molecule has 0 spiro atoms. The fourth-order valence-electron chi connectivity index (χ4n) is 1.73. The zero-order valence-electron chi connectivity index (χ0n) is 11.3. The van der Waals surface area contributed by atoms with Gasteiger partial charge in [-0.2, -0.15) is 5.26 Å². The van der Waals surface area contributed by atoms with Gasteiger partial charge in [0, 0.05) is 30.8 Å². The number of hydrogen-bond donors (Lipinski definition) is 0. The molecule has 0 atom stereocenters. The molecule has 1 amide bonds. The predicted molar refractivity (Wildman–Crippen MR) is 71.5 cm³/mol. The number of methoxy groups -OCH3 is 1. The number of benzene rings is 1. The number of nitro benzene ring substituents is 1. The lowest BCUT2D eigenvalue weighted by molar-refractivity contribution is -0.385. The van der Waals surface area contributed by atoms with Crippen molar-refractivity contribution in [2.75, 3.05) is 20.2 Å². The van der Waals surface area contributed by atoms with Crippen LogP contribution < -0.4 is 4.74 Å². The summed E-state index contributed by atoms with van der Waals surface area (Å²) >= 11 is 0. The number of carbonyl (C=O) groups is 1. The Morgan fingerprint density at radius 1 is 1.55 bits per heavy atom. The highest BCUT2D eigenvalue weighted by molar-refractivity contribution is 5.95. The fourth-order valence-corrected chi connectivity index (χ4v) is 1.73. The van der Waals surface area contributed by atoms with Gasteiger partial charge in [0.25, 0.3) is 5.91 Å². The lowest BCUT2D eigenvalue weighted by Crippen LogP contribution is -2.31. The third-order valence-corrected chi connectivity index (χ3v) is 2.79. The van der Waals surface area contributed by atoms with Gasteiger partial charge in [0.1, 0.15) is 0 Å². The first-order valence-electron chi connectivity index (χ1n) is 6.03. The summed E-state index contributed by atoms with van der Waals surface area (Å²) in [6.45, 7) is 2.59. The van der Waals surface area contributed by atoms with Crippen LogP contribution in [0.25, 0.3) is 0 Å². The molecule has 0 heterocycles. The van der Waals surface area contributed by atoms with Gasteiger partial charge in [0.05, 0.1) is 24.5 Å². The van der Waals surface area contributed by atoms with E-state index in [1.54, 1.807) is 6.92 Å². The Labute approximate surface area is 116 Å². The fraction of sp³-hybridized carbons (Fsp3) is 0.385. The monoisotopic (exact) mass is 277 g/mol. The molecule has 106 valence electrons. The van der Waals surface area contributed by atoms with E-state index in [0.717, 1.165) is 0 Å². The normalized spacial score (nSPS) is 9.65. The minimum atomic E-state index is -0.569. The maximum absolute atomic E-state index is 12.2. The SMILES string of the molecule is CCN(CCC#N)C(=O)c1ccc([N+](=O)[O-])c(OC)c1. The van der Waals surface area contributed by atoms with Crippen LogP contribution in [0.15, 0.2) is 18.2 Å². The van der Waals surface area contributed by atoms with Crippen molar-refractivity contribution in [3.63, 3.8) is 0 Å². The van der Waals surface area contributed by atoms with E-state index in [4.69, 9.17) is 10.00 Å². The Kier molecular flexibility index (Phi) is 5.47. The first-order valence-corrected chi connectivity index (χ1v) is 6.03. The van der Waals surface area contributed by atoms with Gasteiger partial charge in [-0.1, -0.05) is 0 Å². The van der Waals surface area contributed by atoms with E-state index in [0.29, 0.717) is 18.7 Å². The molecule has 0 aliphatic rings. The molecule has 0 fully saturated rings. The van der Waals surface area contributed by atoms with Gasteiger partial charge in [-0.05, 0) is 13.0 Å². The highest BCUT2D eigenvalue weighted by Crippen LogP contribution is 2.28. The highest BCUT2D eigenvalue weighted by Gasteiger charge is 2.20. The molecule has 0 bridgehead atoms. The Morgan fingerprint density at radius 2 is 2.25 bits per heavy atom. The lowest BCUT2D eigenvalue weighted by atomic mass is 10.1. The Bertz CT molecular complexity index is 551. The minimum absolute atomic E-state index is 0.0391. The van der Waals surface area contributed by atoms with E-state index in [-0.39, 0.29) is 23.8 Å². The van der Waals surface area contributed by atoms with Crippen LogP contribution in [0.5, 0.6) is 5.75 Å². The second-order valence-electron chi connectivity index (χ2n) is 3.94. The molecule has 0 N–H and O–H groups in total. The van der Waals surface area contributed by atoms with E-state index in [1.165, 1.54) is 30.2 Å². The van der Waals surface area contributed by atoms with Crippen LogP contribution >= 0.6 is 0 Å². The summed E-state index contributed by atoms with van der Waals surface area (Å²) in [5, 5.41) is 19.3. The standard InChI is InChI=1S/C13H15N3O4/c1-3-15(8-4-7-14)13(17)10-5-6-11(16(18)19)12(9-10)20-2/h5-6,9H,3-4,8H2,1-2H3. The van der Waals surface area contributed by atoms with E-state index >= 15 is 0 Å². The summed E-state index contributed by atoms with van der Waals surface area (Å²) in [6, 6.07) is 5.95. The average molecular weight is 277 g/mol. The van der Waals surface area contributed by atoms with Gasteiger partial charge < -0.3 is 9.64 Å². The first kappa shape index (κ1) is 15.4. The van der Waals surface area contributed by atoms with Crippen molar-refractivity contribution in [2.24, 2.45) is 0 Å². The molecule has 0 unspecified atom stereocenters. The number of rotatable bonds is 6. The molecule has 0 aliphatic heterocycles. The minimum Gasteiger partial charge on any atom is -0.490 e. The molecule has 20 heavy (non-hydrogen) atoms. The Hall–Kier alpha value is -2.62. The first-order chi connectivity index (χ1) is 9.54. The zero-order valence-corrected chi connectivity index (χ0v) is 11.3. The third-order valence-electron chi connectivity index (χ3n) is 2.79. The molecular formula is C13H15N3O4. The predicted octanol–water partition coefficient (Wildman–Crippen LogP) is 1.98. The molecule has 7 heteroatoms. The van der Waals surface area contributed by atoms with E-state index < -0.39 is 4.92 Å². The molecule has 1 aromatic rings. The van der Waals surface area contributed by atoms with E-state index in [2.05, 4.69) is 0 Å². The largest absolute Gasteiger partial charge is 0.490 e. The van der Waals surface area contributed by atoms with Gasteiger partial charge in [0.2, 0.25) is 0 Å². The number of nitro groups is 1. The number of carbonyl (C=O) groups excluding carboxylic acids is 1. The van der Waals surface area contributed by atoms with Gasteiger partial charge in [-0.15, -0.1) is 0 Å². The summed E-state index contributed by atoms with van der Waals surface area (Å²) in [7, 11) is 1.31. The van der Waals surface area contributed by atoms with Crippen molar-refractivity contribution in [3.05, 3.63) is 33.9 Å². The van der Waals surface area contributed by atoms with Crippen LogP contribution in [0.2, 0.25) is 0 Å². The lowest BCUT2D eigenvalue weighted by Gasteiger charge is -2.19. The van der Waals surface area contributed by atoms with Gasteiger partial charge >= 0.3 is 5.69 Å². The van der Waals surface area contributed by atoms with Gasteiger partial charge in [0.15, 0.2) is 5.75 Å². The number of ether oxygens (including phenoxy) is 1. The van der Waals surface area contributed by atoms with E-state index in [1.807, 2.05) is 6.07 Å². The van der Waals surface area contributed by atoms with Crippen LogP contribution in [0.4, 0.5) is 5.69 Å². The van der Waals surface area contributed by atoms with Crippen LogP contribution in [0, 0.1) is 21.4 Å². The summed E-state index contributed by atoms with van der Waals surface area (Å²) in [6.07, 6.45) is 0.240. The number of nitrogens with zero attached hydrogens (tertiary/aromatic N) is 3. The molecule has 0 saturated carbocycles. The Morgan fingerprint density at radius 3 is 2.75 bits per heavy atom. The van der Waals surface area contributed by atoms with Crippen molar-refractivity contribution in [1.82, 2.24) is 4.90 Å². The van der Waals surface area contributed by atoms with Crippen LogP contribution in [-0.4, -0.2) is 35.9 Å². The molecular weight excluding hydrogens is 262 g/mol. The van der Waals surface area contributed by atoms with Crippen molar-refractivity contribution in [3.8, 4) is 11.8 Å². The van der Waals surface area contributed by atoms with Crippen LogP contribution in [-0.2, 0) is 0 Å².